The zero-order chi connectivity index (χ0) is 14.8. The molecular formula is C14H14N6O. The molecule has 3 rings (SSSR count). The van der Waals surface area contributed by atoms with Crippen LogP contribution in [0.1, 0.15) is 16.1 Å². The summed E-state index contributed by atoms with van der Waals surface area (Å²) in [5, 5.41) is 14.0. The van der Waals surface area contributed by atoms with Crippen molar-refractivity contribution in [3.63, 3.8) is 0 Å². The molecule has 0 fully saturated rings. The minimum atomic E-state index is -0.142. The van der Waals surface area contributed by atoms with E-state index in [1.54, 1.807) is 15.3 Å². The predicted octanol–water partition coefficient (Wildman–Crippen LogP) is 1.56. The van der Waals surface area contributed by atoms with Crippen LogP contribution < -0.4 is 5.32 Å². The van der Waals surface area contributed by atoms with E-state index < -0.39 is 0 Å². The normalized spacial score (nSPS) is 10.6. The molecule has 3 aromatic rings. The number of benzene rings is 1. The van der Waals surface area contributed by atoms with Gasteiger partial charge in [-0.2, -0.15) is 0 Å². The zero-order valence-corrected chi connectivity index (χ0v) is 11.7. The lowest BCUT2D eigenvalue weighted by Crippen LogP contribution is -2.15. The molecule has 2 heterocycles. The Morgan fingerprint density at radius 2 is 2.14 bits per heavy atom. The minimum Gasteiger partial charge on any atom is -0.347 e. The molecule has 0 radical (unpaired) electrons. The second-order valence-electron chi connectivity index (χ2n) is 4.71. The first-order chi connectivity index (χ1) is 10.1. The first-order valence-corrected chi connectivity index (χ1v) is 6.42. The van der Waals surface area contributed by atoms with Gasteiger partial charge in [0.15, 0.2) is 0 Å². The second-order valence-corrected chi connectivity index (χ2v) is 4.71. The van der Waals surface area contributed by atoms with Crippen molar-refractivity contribution in [2.24, 2.45) is 7.05 Å². The van der Waals surface area contributed by atoms with E-state index in [0.29, 0.717) is 5.69 Å². The maximum atomic E-state index is 12.2. The molecule has 0 atom stereocenters. The Balaban J connectivity index is 1.83. The molecule has 0 aliphatic carbocycles. The Kier molecular flexibility index (Phi) is 3.23. The molecule has 1 N–H and O–H groups in total. The molecule has 1 amide bonds. The number of amides is 1. The van der Waals surface area contributed by atoms with Crippen molar-refractivity contribution in [2.45, 2.75) is 6.92 Å². The van der Waals surface area contributed by atoms with E-state index in [-0.39, 0.29) is 5.91 Å². The van der Waals surface area contributed by atoms with Gasteiger partial charge in [-0.3, -0.25) is 4.79 Å². The smallest absolute Gasteiger partial charge is 0.272 e. The minimum absolute atomic E-state index is 0.142. The average Bonchev–Trinajstić information content (AvgIpc) is 3.10. The molecule has 0 bridgehead atoms. The molecule has 0 unspecified atom stereocenters. The molecule has 7 nitrogen and oxygen atoms in total. The van der Waals surface area contributed by atoms with Crippen LogP contribution in [0, 0.1) is 6.92 Å². The van der Waals surface area contributed by atoms with E-state index in [1.807, 2.05) is 44.4 Å². The largest absolute Gasteiger partial charge is 0.347 e. The summed E-state index contributed by atoms with van der Waals surface area (Å²) in [6, 6.07) is 9.19. The molecule has 0 spiro atoms. The third kappa shape index (κ3) is 2.53. The van der Waals surface area contributed by atoms with Gasteiger partial charge in [-0.05, 0) is 53.2 Å². The number of aromatic nitrogens is 5. The highest BCUT2D eigenvalue weighted by Crippen LogP contribution is 2.18. The Labute approximate surface area is 121 Å². The van der Waals surface area contributed by atoms with Gasteiger partial charge in [0.25, 0.3) is 5.91 Å². The number of nitrogens with zero attached hydrogens (tertiary/aromatic N) is 5. The molecule has 1 aromatic carbocycles. The lowest BCUT2D eigenvalue weighted by Gasteiger charge is -2.09. The molecule has 106 valence electrons. The van der Waals surface area contributed by atoms with E-state index in [1.165, 1.54) is 6.33 Å². The average molecular weight is 282 g/mol. The summed E-state index contributed by atoms with van der Waals surface area (Å²) >= 11 is 0. The first-order valence-electron chi connectivity index (χ1n) is 6.42. The number of anilines is 1. The fourth-order valence-corrected chi connectivity index (χ4v) is 2.15. The van der Waals surface area contributed by atoms with Gasteiger partial charge in [-0.15, -0.1) is 5.10 Å². The maximum absolute atomic E-state index is 12.2. The molecular weight excluding hydrogens is 268 g/mol. The van der Waals surface area contributed by atoms with Crippen LogP contribution in [0.15, 0.2) is 42.9 Å². The molecule has 7 heteroatoms. The lowest BCUT2D eigenvalue weighted by atomic mass is 10.1. The standard InChI is InChI=1S/C14H14N6O/c1-10-8-11(5-6-12(10)20-9-15-17-18-20)16-14(21)13-4-3-7-19(13)2/h3-9H,1-2H3,(H,16,21). The number of carbonyl (C=O) groups excluding carboxylic acids is 1. The zero-order valence-electron chi connectivity index (χ0n) is 11.7. The van der Waals surface area contributed by atoms with Crippen LogP contribution in [0.3, 0.4) is 0 Å². The van der Waals surface area contributed by atoms with Crippen molar-refractivity contribution >= 4 is 11.6 Å². The number of carbonyl (C=O) groups is 1. The summed E-state index contributed by atoms with van der Waals surface area (Å²) in [7, 11) is 1.83. The fraction of sp³-hybridized carbons (Fsp3) is 0.143. The lowest BCUT2D eigenvalue weighted by molar-refractivity contribution is 0.101. The molecule has 0 aliphatic rings. The summed E-state index contributed by atoms with van der Waals surface area (Å²) in [5.74, 6) is -0.142. The number of rotatable bonds is 3. The summed E-state index contributed by atoms with van der Waals surface area (Å²) in [6.45, 7) is 1.94. The molecule has 0 aliphatic heterocycles. The predicted molar refractivity (Wildman–Crippen MR) is 77.3 cm³/mol. The van der Waals surface area contributed by atoms with Gasteiger partial charge in [0.1, 0.15) is 12.0 Å². The number of hydrogen-bond acceptors (Lipinski definition) is 4. The summed E-state index contributed by atoms with van der Waals surface area (Å²) in [6.07, 6.45) is 3.37. The summed E-state index contributed by atoms with van der Waals surface area (Å²) < 4.78 is 3.36. The van der Waals surface area contributed by atoms with Gasteiger partial charge in [0.2, 0.25) is 0 Å². The van der Waals surface area contributed by atoms with Crippen LogP contribution in [0.25, 0.3) is 5.69 Å². The van der Waals surface area contributed by atoms with Crippen LogP contribution in [0.5, 0.6) is 0 Å². The van der Waals surface area contributed by atoms with E-state index in [0.717, 1.165) is 16.9 Å². The number of nitrogens with one attached hydrogen (secondary N) is 1. The summed E-state index contributed by atoms with van der Waals surface area (Å²) in [4.78, 5) is 12.2. The highest BCUT2D eigenvalue weighted by molar-refractivity contribution is 6.03. The van der Waals surface area contributed by atoms with Gasteiger partial charge >= 0.3 is 0 Å². The van der Waals surface area contributed by atoms with E-state index in [4.69, 9.17) is 0 Å². The molecule has 0 saturated heterocycles. The van der Waals surface area contributed by atoms with Crippen molar-refractivity contribution in [3.8, 4) is 5.69 Å². The van der Waals surface area contributed by atoms with Crippen LogP contribution in [0.2, 0.25) is 0 Å². The van der Waals surface area contributed by atoms with Crippen molar-refractivity contribution in [3.05, 3.63) is 54.1 Å². The van der Waals surface area contributed by atoms with Crippen molar-refractivity contribution in [1.29, 1.82) is 0 Å². The highest BCUT2D eigenvalue weighted by Gasteiger charge is 2.10. The third-order valence-corrected chi connectivity index (χ3v) is 3.23. The molecule has 0 saturated carbocycles. The third-order valence-electron chi connectivity index (χ3n) is 3.23. The van der Waals surface area contributed by atoms with Crippen LogP contribution >= 0.6 is 0 Å². The second kappa shape index (κ2) is 5.20. The fourth-order valence-electron chi connectivity index (χ4n) is 2.15. The molecule has 21 heavy (non-hydrogen) atoms. The van der Waals surface area contributed by atoms with Crippen LogP contribution in [0.4, 0.5) is 5.69 Å². The van der Waals surface area contributed by atoms with Crippen molar-refractivity contribution in [2.75, 3.05) is 5.32 Å². The van der Waals surface area contributed by atoms with Crippen molar-refractivity contribution < 1.29 is 4.79 Å². The highest BCUT2D eigenvalue weighted by atomic mass is 16.1. The number of tetrazole rings is 1. The van der Waals surface area contributed by atoms with Gasteiger partial charge in [-0.25, -0.2) is 4.68 Å². The Hall–Kier alpha value is -2.96. The number of aryl methyl sites for hydroxylation is 2. The Morgan fingerprint density at radius 3 is 2.76 bits per heavy atom. The van der Waals surface area contributed by atoms with E-state index in [2.05, 4.69) is 20.8 Å². The topological polar surface area (TPSA) is 77.6 Å². The van der Waals surface area contributed by atoms with Gasteiger partial charge < -0.3 is 9.88 Å². The van der Waals surface area contributed by atoms with E-state index in [9.17, 15) is 4.79 Å². The van der Waals surface area contributed by atoms with Crippen LogP contribution in [-0.4, -0.2) is 30.7 Å². The molecule has 2 aromatic heterocycles. The van der Waals surface area contributed by atoms with Crippen molar-refractivity contribution in [1.82, 2.24) is 24.8 Å². The quantitative estimate of drug-likeness (QED) is 0.791. The van der Waals surface area contributed by atoms with Crippen LogP contribution in [-0.2, 0) is 7.05 Å². The first kappa shape index (κ1) is 13.0. The van der Waals surface area contributed by atoms with Gasteiger partial charge in [0, 0.05) is 18.9 Å². The number of hydrogen-bond donors (Lipinski definition) is 1. The monoisotopic (exact) mass is 282 g/mol. The van der Waals surface area contributed by atoms with Gasteiger partial charge in [0.05, 0.1) is 5.69 Å². The Morgan fingerprint density at radius 1 is 1.29 bits per heavy atom. The van der Waals surface area contributed by atoms with Gasteiger partial charge in [-0.1, -0.05) is 0 Å². The maximum Gasteiger partial charge on any atom is 0.272 e. The Bertz CT molecular complexity index is 775. The SMILES string of the molecule is Cc1cc(NC(=O)c2cccn2C)ccc1-n1cnnn1. The van der Waals surface area contributed by atoms with E-state index >= 15 is 0 Å². The summed E-state index contributed by atoms with van der Waals surface area (Å²) in [5.41, 5.74) is 3.18.